The lowest BCUT2D eigenvalue weighted by atomic mass is 9.83. The maximum Gasteiger partial charge on any atom is 0.315 e. The summed E-state index contributed by atoms with van der Waals surface area (Å²) in [4.78, 5) is 70.2. The van der Waals surface area contributed by atoms with Gasteiger partial charge in [0.1, 0.15) is 18.6 Å². The highest BCUT2D eigenvalue weighted by Crippen LogP contribution is 2.34. The van der Waals surface area contributed by atoms with Crippen LogP contribution in [-0.4, -0.2) is 99.3 Å². The fourth-order valence-electron chi connectivity index (χ4n) is 7.12. The molecule has 1 saturated heterocycles. The second-order valence-electron chi connectivity index (χ2n) is 15.1. The van der Waals surface area contributed by atoms with E-state index < -0.39 is 52.8 Å². The first kappa shape index (κ1) is 40.0. The third kappa shape index (κ3) is 11.4. The summed E-state index contributed by atoms with van der Waals surface area (Å²) in [6.07, 6.45) is 9.93. The van der Waals surface area contributed by atoms with E-state index in [9.17, 15) is 32.7 Å². The molecular weight excluding hydrogens is 681 g/mol. The van der Waals surface area contributed by atoms with Gasteiger partial charge >= 0.3 is 6.03 Å². The summed E-state index contributed by atoms with van der Waals surface area (Å²) in [7, 11) is 0. The monoisotopic (exact) mass is 737 g/mol. The second-order valence-corrected chi connectivity index (χ2v) is 17.3. The molecule has 5 amide bonds. The van der Waals surface area contributed by atoms with Crippen LogP contribution in [0.4, 0.5) is 4.79 Å². The average molecular weight is 738 g/mol. The van der Waals surface area contributed by atoms with E-state index in [4.69, 9.17) is 0 Å². The van der Waals surface area contributed by atoms with Crippen molar-refractivity contribution in [3.63, 3.8) is 0 Å². The Kier molecular flexibility index (Phi) is 14.9. The lowest BCUT2D eigenvalue weighted by Crippen LogP contribution is -2.88. The summed E-state index contributed by atoms with van der Waals surface area (Å²) in [5.41, 5.74) is -0.312. The molecule has 280 valence electrons. The van der Waals surface area contributed by atoms with E-state index >= 15 is 0 Å². The average Bonchev–Trinajstić information content (AvgIpc) is 3.53. The third-order valence-electron chi connectivity index (χ3n) is 10.3. The van der Waals surface area contributed by atoms with Gasteiger partial charge in [0.2, 0.25) is 17.6 Å². The number of allylic oxidation sites excluding steroid dienone is 1. The molecule has 15 heteroatoms. The molecule has 2 heterocycles. The predicted octanol–water partition coefficient (Wildman–Crippen LogP) is 1.93. The van der Waals surface area contributed by atoms with Crippen LogP contribution >= 0.6 is 11.8 Å². The maximum absolute atomic E-state index is 14.3. The van der Waals surface area contributed by atoms with Crippen LogP contribution < -0.4 is 26.6 Å². The number of nitrogens with zero attached hydrogens (tertiary/aromatic N) is 1. The van der Waals surface area contributed by atoms with Gasteiger partial charge in [0.15, 0.2) is 11.1 Å². The molecule has 13 nitrogen and oxygen atoms in total. The minimum absolute atomic E-state index is 0.0761. The fourth-order valence-corrected chi connectivity index (χ4v) is 9.25. The number of likely N-dealkylation sites (tertiary alicyclic amines) is 1. The number of Topliss-reactive ketones (excluding diaryl/α,β-unsaturated/α-hetero) is 1. The Hall–Kier alpha value is -2.75. The zero-order valence-corrected chi connectivity index (χ0v) is 31.4. The Morgan fingerprint density at radius 1 is 1.04 bits per heavy atom. The largest absolute Gasteiger partial charge is 0.346 e. The summed E-state index contributed by atoms with van der Waals surface area (Å²) >= 11 is -0.383. The quantitative estimate of drug-likeness (QED) is 0.0742. The number of ketones is 1. The number of hydrogen-bond donors (Lipinski definition) is 6. The van der Waals surface area contributed by atoms with Crippen LogP contribution in [-0.2, 0) is 30.3 Å². The number of rotatable bonds is 17. The van der Waals surface area contributed by atoms with Crippen LogP contribution in [0.15, 0.2) is 22.5 Å². The molecule has 2 aliphatic heterocycles. The second kappa shape index (κ2) is 18.7. The minimum Gasteiger partial charge on any atom is -0.346 e. The molecule has 4 aliphatic rings. The molecule has 0 aromatic carbocycles. The number of quaternary nitrogens is 1. The van der Waals surface area contributed by atoms with Crippen molar-refractivity contribution in [2.45, 2.75) is 116 Å². The molecule has 0 radical (unpaired) electrons. The number of amides is 5. The Bertz CT molecular complexity index is 1320. The van der Waals surface area contributed by atoms with Gasteiger partial charge in [-0.15, -0.1) is 18.3 Å². The molecule has 5 atom stereocenters. The highest BCUT2D eigenvalue weighted by Gasteiger charge is 2.43. The van der Waals surface area contributed by atoms with Crippen molar-refractivity contribution < 1.29 is 38.1 Å². The van der Waals surface area contributed by atoms with E-state index in [1.54, 1.807) is 16.7 Å². The third-order valence-corrected chi connectivity index (χ3v) is 12.4. The number of thioether (sulfide) groups is 1. The fraction of sp³-hybridized carbons (Fsp3) is 0.743. The van der Waals surface area contributed by atoms with Crippen molar-refractivity contribution in [1.29, 1.82) is 0 Å². The van der Waals surface area contributed by atoms with Gasteiger partial charge in [0.05, 0.1) is 28.4 Å². The first-order valence-corrected chi connectivity index (χ1v) is 20.3. The Morgan fingerprint density at radius 3 is 2.40 bits per heavy atom. The van der Waals surface area contributed by atoms with E-state index in [1.807, 2.05) is 26.1 Å². The van der Waals surface area contributed by atoms with Crippen LogP contribution in [0.5, 0.6) is 0 Å². The molecule has 2 saturated carbocycles. The topological polar surface area (TPSA) is 191 Å². The standard InChI is InChI=1S/C35H56N6O7S2/c1-5-16-37-32(44)30(42)24(19-22-13-14-22)38-31(43)25-12-9-17-41(25)33(45)29(23-10-7-6-8-11-23)40-34(46)39-28(35(2,3)4)21-36-20-26-27(50(47)48)15-18-49-26/h5,22-25,28-29,36H,1,6-21H2,2-4H3,(H,37,44)(H,38,43)(H,47,48)(H2,39,40,46)/p+1/t24?,25-,28+,29-/m0/s1. The van der Waals surface area contributed by atoms with Crippen molar-refractivity contribution in [2.24, 2.45) is 17.3 Å². The zero-order chi connectivity index (χ0) is 36.4. The van der Waals surface area contributed by atoms with Gasteiger partial charge in [-0.1, -0.05) is 59.0 Å². The number of nitrogens with one attached hydrogen (secondary N) is 4. The SMILES string of the molecule is C=CCNC(=O)C(=O)C(CC1CC1)NC(=O)[C@@H]1CCCN1C(=O)[C@@H](NC(=O)N[C@H](C[NH2+]CC1=C(S(=O)O)CCS1)C(C)(C)C)C1CCCCC1. The Morgan fingerprint density at radius 2 is 1.76 bits per heavy atom. The molecule has 0 bridgehead atoms. The Labute approximate surface area is 303 Å². The molecule has 4 rings (SSSR count). The summed E-state index contributed by atoms with van der Waals surface area (Å²) in [6.45, 7) is 11.3. The van der Waals surface area contributed by atoms with Crippen LogP contribution in [0, 0.1) is 17.3 Å². The van der Waals surface area contributed by atoms with E-state index in [-0.39, 0.29) is 35.7 Å². The van der Waals surface area contributed by atoms with Gasteiger partial charge in [-0.25, -0.2) is 9.00 Å². The smallest absolute Gasteiger partial charge is 0.315 e. The molecule has 0 spiro atoms. The maximum atomic E-state index is 14.3. The summed E-state index contributed by atoms with van der Waals surface area (Å²) in [5.74, 6) is -1.24. The summed E-state index contributed by atoms with van der Waals surface area (Å²) in [6, 6.07) is -3.31. The molecule has 2 aliphatic carbocycles. The first-order chi connectivity index (χ1) is 23.8. The lowest BCUT2D eigenvalue weighted by molar-refractivity contribution is -0.650. The number of nitrogens with two attached hydrogens (primary N) is 1. The van der Waals surface area contributed by atoms with Gasteiger partial charge in [-0.05, 0) is 55.8 Å². The first-order valence-electron chi connectivity index (χ1n) is 18.2. The molecule has 50 heavy (non-hydrogen) atoms. The van der Waals surface area contributed by atoms with Gasteiger partial charge in [-0.2, -0.15) is 0 Å². The molecule has 0 aromatic rings. The van der Waals surface area contributed by atoms with Crippen LogP contribution in [0.25, 0.3) is 0 Å². The van der Waals surface area contributed by atoms with E-state index in [2.05, 4.69) is 27.8 Å². The number of urea groups is 1. The van der Waals surface area contributed by atoms with Crippen LogP contribution in [0.3, 0.4) is 0 Å². The van der Waals surface area contributed by atoms with Gasteiger partial charge in [-0.3, -0.25) is 19.2 Å². The molecular formula is C35H57N6O7S2+. The molecule has 7 N–H and O–H groups in total. The highest BCUT2D eigenvalue weighted by molar-refractivity contribution is 8.04. The highest BCUT2D eigenvalue weighted by atomic mass is 32.2. The summed E-state index contributed by atoms with van der Waals surface area (Å²) in [5, 5.41) is 13.5. The van der Waals surface area contributed by atoms with E-state index in [0.29, 0.717) is 50.2 Å². The van der Waals surface area contributed by atoms with Crippen molar-refractivity contribution in [2.75, 3.05) is 31.9 Å². The van der Waals surface area contributed by atoms with Gasteiger partial charge < -0.3 is 36.0 Å². The molecule has 0 aromatic heterocycles. The van der Waals surface area contributed by atoms with E-state index in [0.717, 1.165) is 55.6 Å². The van der Waals surface area contributed by atoms with Crippen molar-refractivity contribution in [3.05, 3.63) is 22.5 Å². The van der Waals surface area contributed by atoms with E-state index in [1.165, 1.54) is 6.08 Å². The normalized spacial score (nSPS) is 22.3. The summed E-state index contributed by atoms with van der Waals surface area (Å²) < 4.78 is 21.3. The molecule has 2 unspecified atom stereocenters. The number of carbonyl (C=O) groups excluding carboxylic acids is 5. The van der Waals surface area contributed by atoms with Crippen molar-refractivity contribution in [1.82, 2.24) is 26.2 Å². The molecule has 3 fully saturated rings. The number of hydrogen-bond acceptors (Lipinski definition) is 7. The van der Waals surface area contributed by atoms with Gasteiger partial charge in [0.25, 0.3) is 5.91 Å². The minimum atomic E-state index is -1.98. The van der Waals surface area contributed by atoms with Crippen molar-refractivity contribution in [3.8, 4) is 0 Å². The van der Waals surface area contributed by atoms with Crippen LogP contribution in [0.2, 0.25) is 0 Å². The number of carbonyl (C=O) groups is 5. The Balaban J connectivity index is 1.43. The predicted molar refractivity (Wildman–Crippen MR) is 194 cm³/mol. The van der Waals surface area contributed by atoms with Crippen molar-refractivity contribution >= 4 is 52.4 Å². The zero-order valence-electron chi connectivity index (χ0n) is 29.8. The lowest BCUT2D eigenvalue weighted by Gasteiger charge is -2.36. The van der Waals surface area contributed by atoms with Crippen LogP contribution in [0.1, 0.15) is 91.4 Å². The van der Waals surface area contributed by atoms with Gasteiger partial charge in [0, 0.05) is 18.8 Å².